The standard InChI is InChI=1S/C22H22N2O3S/c1-27-11-10-24-17-7-6-14(23-20(25)16-13-22(16)8-9-22)12-19(17)28-18-5-3-2-4-15(18)21(24)26/h2-7,12,16H,8-11,13H2,1H3,(H,23,25). The molecule has 2 aliphatic carbocycles. The highest BCUT2D eigenvalue weighted by atomic mass is 32.2. The summed E-state index contributed by atoms with van der Waals surface area (Å²) in [6.45, 7) is 0.938. The Kier molecular flexibility index (Phi) is 4.21. The van der Waals surface area contributed by atoms with Crippen molar-refractivity contribution >= 4 is 35.0 Å². The second-order valence-electron chi connectivity index (χ2n) is 7.84. The van der Waals surface area contributed by atoms with Crippen LogP contribution in [0.4, 0.5) is 11.4 Å². The van der Waals surface area contributed by atoms with Crippen LogP contribution in [0.5, 0.6) is 0 Å². The molecule has 1 unspecified atom stereocenters. The Hall–Kier alpha value is -2.31. The molecule has 144 valence electrons. The van der Waals surface area contributed by atoms with E-state index in [0.29, 0.717) is 24.1 Å². The number of hydrogen-bond acceptors (Lipinski definition) is 4. The smallest absolute Gasteiger partial charge is 0.259 e. The summed E-state index contributed by atoms with van der Waals surface area (Å²) in [6, 6.07) is 13.5. The fourth-order valence-electron chi connectivity index (χ4n) is 4.07. The van der Waals surface area contributed by atoms with Gasteiger partial charge in [-0.25, -0.2) is 0 Å². The fourth-order valence-corrected chi connectivity index (χ4v) is 5.19. The lowest BCUT2D eigenvalue weighted by Gasteiger charge is -2.23. The molecule has 2 saturated carbocycles. The van der Waals surface area contributed by atoms with Gasteiger partial charge in [0.05, 0.1) is 17.9 Å². The third-order valence-corrected chi connectivity index (χ3v) is 7.14. The first-order valence-corrected chi connectivity index (χ1v) is 10.5. The normalized spacial score (nSPS) is 21.0. The topological polar surface area (TPSA) is 58.6 Å². The maximum absolute atomic E-state index is 13.1. The molecule has 2 aromatic rings. The molecule has 5 nitrogen and oxygen atoms in total. The monoisotopic (exact) mass is 394 g/mol. The number of carbonyl (C=O) groups excluding carboxylic acids is 2. The van der Waals surface area contributed by atoms with E-state index >= 15 is 0 Å². The summed E-state index contributed by atoms with van der Waals surface area (Å²) in [5.74, 6) is 0.285. The first kappa shape index (κ1) is 17.8. The number of rotatable bonds is 5. The number of anilines is 2. The van der Waals surface area contributed by atoms with Crippen LogP contribution in [0.3, 0.4) is 0 Å². The van der Waals surface area contributed by atoms with Crippen LogP contribution in [-0.2, 0) is 9.53 Å². The molecule has 6 heteroatoms. The number of carbonyl (C=O) groups is 2. The molecule has 28 heavy (non-hydrogen) atoms. The molecule has 5 rings (SSSR count). The Morgan fingerprint density at radius 1 is 1.25 bits per heavy atom. The highest BCUT2D eigenvalue weighted by Crippen LogP contribution is 2.70. The van der Waals surface area contributed by atoms with Crippen molar-refractivity contribution in [1.82, 2.24) is 0 Å². The summed E-state index contributed by atoms with van der Waals surface area (Å²) >= 11 is 1.57. The van der Waals surface area contributed by atoms with Crippen LogP contribution in [0.15, 0.2) is 52.3 Å². The Labute approximate surface area is 168 Å². The van der Waals surface area contributed by atoms with Gasteiger partial charge in [0.2, 0.25) is 5.91 Å². The van der Waals surface area contributed by atoms with E-state index in [4.69, 9.17) is 4.74 Å². The minimum absolute atomic E-state index is 0.0238. The summed E-state index contributed by atoms with van der Waals surface area (Å²) in [6.07, 6.45) is 3.42. The van der Waals surface area contributed by atoms with E-state index in [-0.39, 0.29) is 17.7 Å². The highest BCUT2D eigenvalue weighted by molar-refractivity contribution is 7.99. The predicted octanol–water partition coefficient (Wildman–Crippen LogP) is 4.18. The van der Waals surface area contributed by atoms with Crippen molar-refractivity contribution < 1.29 is 14.3 Å². The molecule has 1 spiro atoms. The molecule has 0 aromatic heterocycles. The number of hydrogen-bond donors (Lipinski definition) is 1. The Morgan fingerprint density at radius 3 is 2.82 bits per heavy atom. The molecule has 0 bridgehead atoms. The van der Waals surface area contributed by atoms with Gasteiger partial charge in [-0.3, -0.25) is 9.59 Å². The van der Waals surface area contributed by atoms with Gasteiger partial charge >= 0.3 is 0 Å². The Balaban J connectivity index is 1.47. The summed E-state index contributed by atoms with van der Waals surface area (Å²) in [4.78, 5) is 29.3. The van der Waals surface area contributed by atoms with Crippen molar-refractivity contribution in [3.05, 3.63) is 48.0 Å². The number of amides is 2. The van der Waals surface area contributed by atoms with Crippen molar-refractivity contribution in [2.75, 3.05) is 30.5 Å². The van der Waals surface area contributed by atoms with Crippen molar-refractivity contribution in [3.8, 4) is 0 Å². The van der Waals surface area contributed by atoms with Crippen LogP contribution in [0, 0.1) is 11.3 Å². The SMILES string of the molecule is COCCN1C(=O)c2ccccc2Sc2cc(NC(=O)C3CC34CC4)ccc21. The zero-order valence-electron chi connectivity index (χ0n) is 15.7. The van der Waals surface area contributed by atoms with Crippen LogP contribution in [0.2, 0.25) is 0 Å². The number of nitrogens with zero attached hydrogens (tertiary/aromatic N) is 1. The van der Waals surface area contributed by atoms with Gasteiger partial charge < -0.3 is 15.0 Å². The minimum atomic E-state index is -0.0238. The molecule has 2 aromatic carbocycles. The van der Waals surface area contributed by atoms with Crippen molar-refractivity contribution in [2.45, 2.75) is 29.1 Å². The molecule has 1 N–H and O–H groups in total. The minimum Gasteiger partial charge on any atom is -0.383 e. The molecule has 1 aliphatic heterocycles. The summed E-state index contributed by atoms with van der Waals surface area (Å²) in [5, 5.41) is 3.08. The van der Waals surface area contributed by atoms with E-state index < -0.39 is 0 Å². The molecular weight excluding hydrogens is 372 g/mol. The average Bonchev–Trinajstić information content (AvgIpc) is 3.62. The molecule has 0 radical (unpaired) electrons. The van der Waals surface area contributed by atoms with Crippen molar-refractivity contribution in [2.24, 2.45) is 11.3 Å². The van der Waals surface area contributed by atoms with E-state index in [2.05, 4.69) is 5.32 Å². The van der Waals surface area contributed by atoms with Crippen molar-refractivity contribution in [3.63, 3.8) is 0 Å². The first-order valence-electron chi connectivity index (χ1n) is 9.64. The summed E-state index contributed by atoms with van der Waals surface area (Å²) in [7, 11) is 1.63. The lowest BCUT2D eigenvalue weighted by atomic mass is 10.1. The lowest BCUT2D eigenvalue weighted by Crippen LogP contribution is -2.33. The summed E-state index contributed by atoms with van der Waals surface area (Å²) < 4.78 is 5.21. The molecule has 2 amide bonds. The van der Waals surface area contributed by atoms with Crippen LogP contribution in [-0.4, -0.2) is 32.1 Å². The Bertz CT molecular complexity index is 970. The molecule has 3 aliphatic rings. The van der Waals surface area contributed by atoms with Gasteiger partial charge in [-0.15, -0.1) is 0 Å². The molecule has 1 heterocycles. The second-order valence-corrected chi connectivity index (χ2v) is 8.92. The number of nitrogens with one attached hydrogen (secondary N) is 1. The zero-order chi connectivity index (χ0) is 19.3. The van der Waals surface area contributed by atoms with Crippen LogP contribution >= 0.6 is 11.8 Å². The summed E-state index contributed by atoms with van der Waals surface area (Å²) in [5.41, 5.74) is 2.68. The molecular formula is C22H22N2O3S. The lowest BCUT2D eigenvalue weighted by molar-refractivity contribution is -0.117. The van der Waals surface area contributed by atoms with Gasteiger partial charge in [0.15, 0.2) is 0 Å². The van der Waals surface area contributed by atoms with Gasteiger partial charge in [0, 0.05) is 35.1 Å². The van der Waals surface area contributed by atoms with E-state index in [9.17, 15) is 9.59 Å². The van der Waals surface area contributed by atoms with E-state index in [0.717, 1.165) is 27.6 Å². The number of benzene rings is 2. The number of methoxy groups -OCH3 is 1. The zero-order valence-corrected chi connectivity index (χ0v) is 16.6. The maximum Gasteiger partial charge on any atom is 0.259 e. The first-order chi connectivity index (χ1) is 13.6. The van der Waals surface area contributed by atoms with E-state index in [1.807, 2.05) is 42.5 Å². The number of ether oxygens (including phenoxy) is 1. The van der Waals surface area contributed by atoms with Crippen LogP contribution in [0.25, 0.3) is 0 Å². The second kappa shape index (κ2) is 6.64. The number of fused-ring (bicyclic) bond motifs is 2. The van der Waals surface area contributed by atoms with E-state index in [1.165, 1.54) is 12.8 Å². The Morgan fingerprint density at radius 2 is 2.07 bits per heavy atom. The van der Waals surface area contributed by atoms with Gasteiger partial charge in [-0.1, -0.05) is 23.9 Å². The van der Waals surface area contributed by atoms with Gasteiger partial charge in [0.1, 0.15) is 0 Å². The third-order valence-electron chi connectivity index (χ3n) is 6.02. The maximum atomic E-state index is 13.1. The highest BCUT2D eigenvalue weighted by Gasteiger charge is 2.65. The fraction of sp³-hybridized carbons (Fsp3) is 0.364. The van der Waals surface area contributed by atoms with E-state index in [1.54, 1.807) is 23.8 Å². The molecule has 1 atom stereocenters. The average molecular weight is 394 g/mol. The van der Waals surface area contributed by atoms with Gasteiger partial charge in [-0.2, -0.15) is 0 Å². The molecule has 2 fully saturated rings. The van der Waals surface area contributed by atoms with Gasteiger partial charge in [0.25, 0.3) is 5.91 Å². The van der Waals surface area contributed by atoms with Crippen LogP contribution in [0.1, 0.15) is 29.6 Å². The van der Waals surface area contributed by atoms with Crippen molar-refractivity contribution in [1.29, 1.82) is 0 Å². The van der Waals surface area contributed by atoms with Gasteiger partial charge in [-0.05, 0) is 55.0 Å². The third kappa shape index (κ3) is 3.01. The largest absolute Gasteiger partial charge is 0.383 e. The van der Waals surface area contributed by atoms with Crippen LogP contribution < -0.4 is 10.2 Å². The predicted molar refractivity (Wildman–Crippen MR) is 109 cm³/mol. The molecule has 0 saturated heterocycles. The quantitative estimate of drug-likeness (QED) is 0.826.